The number of carboxylic acids is 1. The lowest BCUT2D eigenvalue weighted by atomic mass is 10.0. The summed E-state index contributed by atoms with van der Waals surface area (Å²) in [4.78, 5) is 27.6. The molecule has 0 radical (unpaired) electrons. The highest BCUT2D eigenvalue weighted by molar-refractivity contribution is 5.76. The van der Waals surface area contributed by atoms with E-state index in [1.807, 2.05) is 60.7 Å². The number of aliphatic carboxylic acids is 1. The Hall–Kier alpha value is -3.41. The van der Waals surface area contributed by atoms with E-state index in [2.05, 4.69) is 10.3 Å². The van der Waals surface area contributed by atoms with Gasteiger partial charge in [0.25, 0.3) is 0 Å². The highest BCUT2D eigenvalue weighted by Gasteiger charge is 2.16. The SMILES string of the molecule is O=C(O)CCC(Cc1ccccc1)NC(=O)CCc1ncc(-c2ccccc2)o1. The zero-order valence-corrected chi connectivity index (χ0v) is 16.1. The summed E-state index contributed by atoms with van der Waals surface area (Å²) in [5.41, 5.74) is 2.00. The number of carboxylic acid groups (broad SMARTS) is 1. The average Bonchev–Trinajstić information content (AvgIpc) is 3.21. The fourth-order valence-corrected chi connectivity index (χ4v) is 3.10. The summed E-state index contributed by atoms with van der Waals surface area (Å²) in [6.45, 7) is 0. The van der Waals surface area contributed by atoms with Gasteiger partial charge in [-0.3, -0.25) is 9.59 Å². The first kappa shape index (κ1) is 20.3. The van der Waals surface area contributed by atoms with E-state index in [1.54, 1.807) is 6.20 Å². The van der Waals surface area contributed by atoms with E-state index in [4.69, 9.17) is 9.52 Å². The predicted molar refractivity (Wildman–Crippen MR) is 109 cm³/mol. The smallest absolute Gasteiger partial charge is 0.303 e. The van der Waals surface area contributed by atoms with Crippen molar-refractivity contribution in [3.63, 3.8) is 0 Å². The van der Waals surface area contributed by atoms with E-state index in [1.165, 1.54) is 0 Å². The molecule has 0 saturated heterocycles. The first-order chi connectivity index (χ1) is 14.1. The normalized spacial score (nSPS) is 11.7. The van der Waals surface area contributed by atoms with Gasteiger partial charge in [0, 0.05) is 30.9 Å². The Kier molecular flexibility index (Phi) is 7.16. The van der Waals surface area contributed by atoms with Gasteiger partial charge in [0.15, 0.2) is 11.7 Å². The maximum Gasteiger partial charge on any atom is 0.303 e. The van der Waals surface area contributed by atoms with Crippen molar-refractivity contribution < 1.29 is 19.1 Å². The van der Waals surface area contributed by atoms with Crippen LogP contribution in [0, 0.1) is 0 Å². The maximum atomic E-state index is 12.4. The number of aryl methyl sites for hydroxylation is 1. The summed E-state index contributed by atoms with van der Waals surface area (Å²) in [5.74, 6) is 0.162. The zero-order valence-electron chi connectivity index (χ0n) is 16.1. The van der Waals surface area contributed by atoms with Gasteiger partial charge >= 0.3 is 5.97 Å². The summed E-state index contributed by atoms with van der Waals surface area (Å²) in [6.07, 6.45) is 3.26. The number of nitrogens with one attached hydrogen (secondary N) is 1. The quantitative estimate of drug-likeness (QED) is 0.546. The predicted octanol–water partition coefficient (Wildman–Crippen LogP) is 3.87. The Morgan fingerprint density at radius 3 is 2.38 bits per heavy atom. The van der Waals surface area contributed by atoms with Crippen LogP contribution >= 0.6 is 0 Å². The van der Waals surface area contributed by atoms with Crippen LogP contribution in [0.2, 0.25) is 0 Å². The number of carbonyl (C=O) groups excluding carboxylic acids is 1. The number of benzene rings is 2. The van der Waals surface area contributed by atoms with Crippen LogP contribution in [-0.4, -0.2) is 28.0 Å². The van der Waals surface area contributed by atoms with Crippen LogP contribution in [0.4, 0.5) is 0 Å². The molecule has 0 fully saturated rings. The summed E-state index contributed by atoms with van der Waals surface area (Å²) in [7, 11) is 0. The minimum atomic E-state index is -0.870. The summed E-state index contributed by atoms with van der Waals surface area (Å²) in [6, 6.07) is 19.2. The Morgan fingerprint density at radius 2 is 1.69 bits per heavy atom. The molecule has 0 spiro atoms. The van der Waals surface area contributed by atoms with Gasteiger partial charge in [-0.2, -0.15) is 0 Å². The largest absolute Gasteiger partial charge is 0.481 e. The Morgan fingerprint density at radius 1 is 1.00 bits per heavy atom. The maximum absolute atomic E-state index is 12.4. The highest BCUT2D eigenvalue weighted by Crippen LogP contribution is 2.20. The Balaban J connectivity index is 1.54. The van der Waals surface area contributed by atoms with E-state index < -0.39 is 5.97 Å². The second kappa shape index (κ2) is 10.2. The van der Waals surface area contributed by atoms with Crippen molar-refractivity contribution in [2.24, 2.45) is 0 Å². The zero-order chi connectivity index (χ0) is 20.5. The van der Waals surface area contributed by atoms with E-state index in [-0.39, 0.29) is 24.8 Å². The van der Waals surface area contributed by atoms with Crippen molar-refractivity contribution in [1.29, 1.82) is 0 Å². The second-order valence-corrected chi connectivity index (χ2v) is 6.87. The number of oxazole rings is 1. The molecule has 3 rings (SSSR count). The van der Waals surface area contributed by atoms with Gasteiger partial charge in [-0.15, -0.1) is 0 Å². The third-order valence-electron chi connectivity index (χ3n) is 4.57. The lowest BCUT2D eigenvalue weighted by Crippen LogP contribution is -2.37. The highest BCUT2D eigenvalue weighted by atomic mass is 16.4. The molecule has 1 aromatic heterocycles. The molecule has 0 bridgehead atoms. The molecule has 6 nitrogen and oxygen atoms in total. The van der Waals surface area contributed by atoms with Crippen LogP contribution < -0.4 is 5.32 Å². The van der Waals surface area contributed by atoms with Gasteiger partial charge in [0.2, 0.25) is 5.91 Å². The molecule has 0 aliphatic rings. The molecule has 2 N–H and O–H groups in total. The molecular weight excluding hydrogens is 368 g/mol. The van der Waals surface area contributed by atoms with Crippen LogP contribution in [0.15, 0.2) is 71.3 Å². The number of hydrogen-bond acceptors (Lipinski definition) is 4. The summed E-state index contributed by atoms with van der Waals surface area (Å²) >= 11 is 0. The van der Waals surface area contributed by atoms with E-state index >= 15 is 0 Å². The standard InChI is InChI=1S/C23H24N2O4/c26-21(12-13-22-24-16-20(29-22)18-9-5-2-6-10-18)25-19(11-14-23(27)28)15-17-7-3-1-4-8-17/h1-10,16,19H,11-15H2,(H,25,26)(H,27,28). The van der Waals surface area contributed by atoms with Gasteiger partial charge < -0.3 is 14.8 Å². The van der Waals surface area contributed by atoms with E-state index in [0.717, 1.165) is 11.1 Å². The van der Waals surface area contributed by atoms with E-state index in [9.17, 15) is 9.59 Å². The molecule has 1 atom stereocenters. The molecule has 29 heavy (non-hydrogen) atoms. The summed E-state index contributed by atoms with van der Waals surface area (Å²) in [5, 5.41) is 11.9. The number of aromatic nitrogens is 1. The fourth-order valence-electron chi connectivity index (χ4n) is 3.10. The molecule has 150 valence electrons. The van der Waals surface area contributed by atoms with Crippen LogP contribution in [-0.2, 0) is 22.4 Å². The van der Waals surface area contributed by atoms with Gasteiger partial charge in [-0.1, -0.05) is 60.7 Å². The lowest BCUT2D eigenvalue weighted by Gasteiger charge is -2.18. The molecule has 1 heterocycles. The molecule has 6 heteroatoms. The van der Waals surface area contributed by atoms with Crippen molar-refractivity contribution in [3.05, 3.63) is 78.3 Å². The third kappa shape index (κ3) is 6.60. The third-order valence-corrected chi connectivity index (χ3v) is 4.57. The van der Waals surface area contributed by atoms with Crippen molar-refractivity contribution in [2.75, 3.05) is 0 Å². The van der Waals surface area contributed by atoms with Crippen molar-refractivity contribution >= 4 is 11.9 Å². The summed E-state index contributed by atoms with van der Waals surface area (Å²) < 4.78 is 5.73. The monoisotopic (exact) mass is 392 g/mol. The van der Waals surface area contributed by atoms with Crippen molar-refractivity contribution in [3.8, 4) is 11.3 Å². The van der Waals surface area contributed by atoms with Crippen LogP contribution in [0.25, 0.3) is 11.3 Å². The van der Waals surface area contributed by atoms with Gasteiger partial charge in [0.05, 0.1) is 6.20 Å². The first-order valence-electron chi connectivity index (χ1n) is 9.65. The van der Waals surface area contributed by atoms with Crippen molar-refractivity contribution in [2.45, 2.75) is 38.1 Å². The number of hydrogen-bond donors (Lipinski definition) is 2. The molecule has 1 amide bonds. The Bertz CT molecular complexity index is 922. The minimum Gasteiger partial charge on any atom is -0.481 e. The van der Waals surface area contributed by atoms with Crippen LogP contribution in [0.5, 0.6) is 0 Å². The fraction of sp³-hybridized carbons (Fsp3) is 0.261. The first-order valence-corrected chi connectivity index (χ1v) is 9.65. The van der Waals surface area contributed by atoms with Crippen LogP contribution in [0.1, 0.15) is 30.7 Å². The average molecular weight is 392 g/mol. The van der Waals surface area contributed by atoms with Crippen molar-refractivity contribution in [1.82, 2.24) is 10.3 Å². The molecule has 3 aromatic rings. The van der Waals surface area contributed by atoms with Gasteiger partial charge in [-0.25, -0.2) is 4.98 Å². The number of nitrogens with zero attached hydrogens (tertiary/aromatic N) is 1. The van der Waals surface area contributed by atoms with Gasteiger partial charge in [-0.05, 0) is 18.4 Å². The van der Waals surface area contributed by atoms with Gasteiger partial charge in [0.1, 0.15) is 0 Å². The molecular formula is C23H24N2O4. The minimum absolute atomic E-state index is 0.0119. The molecule has 1 unspecified atom stereocenters. The number of amides is 1. The number of rotatable bonds is 10. The Labute approximate surface area is 169 Å². The molecule has 0 saturated carbocycles. The lowest BCUT2D eigenvalue weighted by molar-refractivity contribution is -0.137. The molecule has 0 aliphatic carbocycles. The molecule has 0 aliphatic heterocycles. The molecule has 2 aromatic carbocycles. The van der Waals surface area contributed by atoms with E-state index in [0.29, 0.717) is 30.9 Å². The second-order valence-electron chi connectivity index (χ2n) is 6.87. The van der Waals surface area contributed by atoms with Crippen LogP contribution in [0.3, 0.4) is 0 Å². The topological polar surface area (TPSA) is 92.4 Å². The number of carbonyl (C=O) groups is 2.